The highest BCUT2D eigenvalue weighted by atomic mass is 16.5. The monoisotopic (exact) mass is 353 g/mol. The Morgan fingerprint density at radius 2 is 1.81 bits per heavy atom. The Labute approximate surface area is 155 Å². The van der Waals surface area contributed by atoms with E-state index in [1.54, 1.807) is 7.11 Å². The highest BCUT2D eigenvalue weighted by Crippen LogP contribution is 2.25. The summed E-state index contributed by atoms with van der Waals surface area (Å²) in [5.74, 6) is 1.66. The third kappa shape index (κ3) is 4.78. The van der Waals surface area contributed by atoms with Gasteiger partial charge in [-0.05, 0) is 73.6 Å². The maximum atomic E-state index is 12.2. The Hall–Kier alpha value is -2.49. The number of fused-ring (bicyclic) bond motifs is 1. The molecule has 0 saturated carbocycles. The van der Waals surface area contributed by atoms with E-state index in [0.29, 0.717) is 19.4 Å². The number of ether oxygens (including phenoxy) is 2. The van der Waals surface area contributed by atoms with Gasteiger partial charge in [0.15, 0.2) is 0 Å². The van der Waals surface area contributed by atoms with Gasteiger partial charge in [-0.1, -0.05) is 18.2 Å². The van der Waals surface area contributed by atoms with Crippen LogP contribution in [-0.2, 0) is 17.6 Å². The molecule has 0 fully saturated rings. The van der Waals surface area contributed by atoms with Crippen LogP contribution in [-0.4, -0.2) is 19.6 Å². The number of carbonyl (C=O) groups excluding carboxylic acids is 1. The quantitative estimate of drug-likeness (QED) is 0.723. The molecule has 0 bridgehead atoms. The molecule has 3 rings (SSSR count). The molecule has 0 heterocycles. The predicted molar refractivity (Wildman–Crippen MR) is 103 cm³/mol. The number of rotatable bonds is 8. The summed E-state index contributed by atoms with van der Waals surface area (Å²) in [4.78, 5) is 12.2. The normalized spacial score (nSPS) is 13.8. The van der Waals surface area contributed by atoms with Gasteiger partial charge in [0.05, 0.1) is 19.8 Å². The van der Waals surface area contributed by atoms with E-state index in [1.165, 1.54) is 29.5 Å². The smallest absolute Gasteiger partial charge is 0.220 e. The minimum atomic E-state index is 0.0379. The van der Waals surface area contributed by atoms with Crippen molar-refractivity contribution in [2.24, 2.45) is 0 Å². The summed E-state index contributed by atoms with van der Waals surface area (Å²) in [6, 6.07) is 14.1. The van der Waals surface area contributed by atoms with Crippen LogP contribution in [0.25, 0.3) is 0 Å². The number of hydrogen-bond donors (Lipinski definition) is 1. The van der Waals surface area contributed by atoms with E-state index in [2.05, 4.69) is 23.5 Å². The molecule has 1 aliphatic carbocycles. The van der Waals surface area contributed by atoms with Gasteiger partial charge in [-0.2, -0.15) is 0 Å². The van der Waals surface area contributed by atoms with Crippen LogP contribution in [0.4, 0.5) is 0 Å². The molecule has 1 N–H and O–H groups in total. The zero-order valence-electron chi connectivity index (χ0n) is 15.6. The summed E-state index contributed by atoms with van der Waals surface area (Å²) in [5.41, 5.74) is 4.09. The van der Waals surface area contributed by atoms with E-state index in [4.69, 9.17) is 9.47 Å². The molecular formula is C22H27NO3. The van der Waals surface area contributed by atoms with Crippen LogP contribution >= 0.6 is 0 Å². The molecule has 1 aliphatic rings. The summed E-state index contributed by atoms with van der Waals surface area (Å²) in [5, 5.41) is 3.09. The van der Waals surface area contributed by atoms with Crippen LogP contribution < -0.4 is 14.8 Å². The Balaban J connectivity index is 1.39. The zero-order chi connectivity index (χ0) is 18.4. The molecule has 26 heavy (non-hydrogen) atoms. The van der Waals surface area contributed by atoms with E-state index in [9.17, 15) is 4.79 Å². The first kappa shape index (κ1) is 18.3. The van der Waals surface area contributed by atoms with Crippen LogP contribution in [0.3, 0.4) is 0 Å². The Kier molecular flexibility index (Phi) is 6.16. The van der Waals surface area contributed by atoms with E-state index in [0.717, 1.165) is 17.9 Å². The Morgan fingerprint density at radius 1 is 1.08 bits per heavy atom. The minimum Gasteiger partial charge on any atom is -0.497 e. The summed E-state index contributed by atoms with van der Waals surface area (Å²) in [6.07, 6.45) is 4.74. The molecule has 0 unspecified atom stereocenters. The first-order valence-corrected chi connectivity index (χ1v) is 9.33. The van der Waals surface area contributed by atoms with Gasteiger partial charge in [-0.15, -0.1) is 0 Å². The van der Waals surface area contributed by atoms with Crippen molar-refractivity contribution in [2.45, 2.75) is 45.1 Å². The molecule has 4 nitrogen and oxygen atoms in total. The van der Waals surface area contributed by atoms with Crippen molar-refractivity contribution >= 4 is 5.91 Å². The fourth-order valence-corrected chi connectivity index (χ4v) is 3.35. The van der Waals surface area contributed by atoms with Crippen LogP contribution in [0.15, 0.2) is 42.5 Å². The average Bonchev–Trinajstić information content (AvgIpc) is 3.13. The highest BCUT2D eigenvalue weighted by molar-refractivity contribution is 5.76. The largest absolute Gasteiger partial charge is 0.497 e. The van der Waals surface area contributed by atoms with Gasteiger partial charge < -0.3 is 14.8 Å². The van der Waals surface area contributed by atoms with E-state index in [1.807, 2.05) is 31.2 Å². The van der Waals surface area contributed by atoms with Gasteiger partial charge in [0.25, 0.3) is 0 Å². The van der Waals surface area contributed by atoms with Crippen LogP contribution in [0, 0.1) is 0 Å². The second-order valence-corrected chi connectivity index (χ2v) is 6.80. The second kappa shape index (κ2) is 8.75. The van der Waals surface area contributed by atoms with E-state index < -0.39 is 0 Å². The number of carbonyl (C=O) groups is 1. The summed E-state index contributed by atoms with van der Waals surface area (Å²) in [7, 11) is 1.64. The molecule has 2 aromatic rings. The van der Waals surface area contributed by atoms with Crippen molar-refractivity contribution in [1.29, 1.82) is 0 Å². The number of amides is 1. The van der Waals surface area contributed by atoms with Crippen LogP contribution in [0.2, 0.25) is 0 Å². The standard InChI is InChI=1S/C22H27NO3/c1-16(18-9-8-17-5-3-6-19(17)15-18)23-22(24)7-4-14-26-21-12-10-20(25-2)11-13-21/h8-13,15-16H,3-7,14H2,1-2H3,(H,23,24)/t16-/m1/s1. The van der Waals surface area contributed by atoms with Gasteiger partial charge in [0.2, 0.25) is 5.91 Å². The average molecular weight is 353 g/mol. The molecule has 0 radical (unpaired) electrons. The number of benzene rings is 2. The molecule has 2 aromatic carbocycles. The minimum absolute atomic E-state index is 0.0379. The lowest BCUT2D eigenvalue weighted by molar-refractivity contribution is -0.121. The lowest BCUT2D eigenvalue weighted by Gasteiger charge is -2.16. The fourth-order valence-electron chi connectivity index (χ4n) is 3.35. The number of nitrogens with one attached hydrogen (secondary N) is 1. The lowest BCUT2D eigenvalue weighted by atomic mass is 10.0. The second-order valence-electron chi connectivity index (χ2n) is 6.80. The maximum Gasteiger partial charge on any atom is 0.220 e. The molecule has 1 amide bonds. The Bertz CT molecular complexity index is 740. The van der Waals surface area contributed by atoms with Gasteiger partial charge in [-0.25, -0.2) is 0 Å². The fraction of sp³-hybridized carbons (Fsp3) is 0.409. The van der Waals surface area contributed by atoms with Crippen molar-refractivity contribution < 1.29 is 14.3 Å². The summed E-state index contributed by atoms with van der Waals surface area (Å²) >= 11 is 0. The number of aryl methyl sites for hydroxylation is 2. The summed E-state index contributed by atoms with van der Waals surface area (Å²) < 4.78 is 10.8. The molecule has 0 spiro atoms. The van der Waals surface area contributed by atoms with Crippen LogP contribution in [0.1, 0.15) is 48.9 Å². The van der Waals surface area contributed by atoms with Crippen molar-refractivity contribution in [3.63, 3.8) is 0 Å². The molecule has 0 aromatic heterocycles. The predicted octanol–water partition coefficient (Wildman–Crippen LogP) is 4.22. The van der Waals surface area contributed by atoms with Crippen molar-refractivity contribution in [1.82, 2.24) is 5.32 Å². The zero-order valence-corrected chi connectivity index (χ0v) is 15.6. The van der Waals surface area contributed by atoms with Crippen molar-refractivity contribution in [2.75, 3.05) is 13.7 Å². The first-order chi connectivity index (χ1) is 12.7. The molecule has 138 valence electrons. The molecule has 0 aliphatic heterocycles. The third-order valence-electron chi connectivity index (χ3n) is 4.88. The van der Waals surface area contributed by atoms with Crippen molar-refractivity contribution in [3.05, 3.63) is 59.2 Å². The van der Waals surface area contributed by atoms with Crippen LogP contribution in [0.5, 0.6) is 11.5 Å². The number of hydrogen-bond acceptors (Lipinski definition) is 3. The van der Waals surface area contributed by atoms with Gasteiger partial charge in [-0.3, -0.25) is 4.79 Å². The molecule has 4 heteroatoms. The Morgan fingerprint density at radius 3 is 2.58 bits per heavy atom. The van der Waals surface area contributed by atoms with Crippen molar-refractivity contribution in [3.8, 4) is 11.5 Å². The molecular weight excluding hydrogens is 326 g/mol. The van der Waals surface area contributed by atoms with E-state index >= 15 is 0 Å². The first-order valence-electron chi connectivity index (χ1n) is 9.33. The van der Waals surface area contributed by atoms with Gasteiger partial charge in [0, 0.05) is 6.42 Å². The number of methoxy groups -OCH3 is 1. The molecule has 1 atom stereocenters. The van der Waals surface area contributed by atoms with E-state index in [-0.39, 0.29) is 11.9 Å². The molecule has 0 saturated heterocycles. The summed E-state index contributed by atoms with van der Waals surface area (Å²) in [6.45, 7) is 2.56. The van der Waals surface area contributed by atoms with Gasteiger partial charge >= 0.3 is 0 Å². The third-order valence-corrected chi connectivity index (χ3v) is 4.88. The SMILES string of the molecule is COc1ccc(OCCCC(=O)N[C@H](C)c2ccc3c(c2)CCC3)cc1. The highest BCUT2D eigenvalue weighted by Gasteiger charge is 2.14. The van der Waals surface area contributed by atoms with Gasteiger partial charge in [0.1, 0.15) is 11.5 Å². The maximum absolute atomic E-state index is 12.2. The topological polar surface area (TPSA) is 47.6 Å². The lowest BCUT2D eigenvalue weighted by Crippen LogP contribution is -2.26.